The van der Waals surface area contributed by atoms with E-state index in [9.17, 15) is 9.59 Å². The summed E-state index contributed by atoms with van der Waals surface area (Å²) in [5.41, 5.74) is 1.10. The molecule has 4 rings (SSSR count). The van der Waals surface area contributed by atoms with E-state index in [0.717, 1.165) is 12.8 Å². The van der Waals surface area contributed by atoms with Gasteiger partial charge < -0.3 is 9.42 Å². The molecular formula is C18H18N4O3. The van der Waals surface area contributed by atoms with Crippen molar-refractivity contribution in [2.75, 3.05) is 13.1 Å². The summed E-state index contributed by atoms with van der Waals surface area (Å²) in [6.45, 7) is 2.86. The van der Waals surface area contributed by atoms with E-state index < -0.39 is 0 Å². The topological polar surface area (TPSA) is 81.2 Å². The van der Waals surface area contributed by atoms with Crippen LogP contribution in [0, 0.1) is 6.92 Å². The van der Waals surface area contributed by atoms with E-state index in [1.54, 1.807) is 28.8 Å². The summed E-state index contributed by atoms with van der Waals surface area (Å²) >= 11 is 0. The van der Waals surface area contributed by atoms with E-state index in [1.807, 2.05) is 18.2 Å². The van der Waals surface area contributed by atoms with E-state index in [1.165, 1.54) is 6.20 Å². The van der Waals surface area contributed by atoms with E-state index >= 15 is 0 Å². The number of likely N-dealkylation sites (tertiary alicyclic amines) is 1. The van der Waals surface area contributed by atoms with Gasteiger partial charge in [-0.15, -0.1) is 0 Å². The van der Waals surface area contributed by atoms with E-state index in [4.69, 9.17) is 4.52 Å². The number of nitrogens with zero attached hydrogens (tertiary/aromatic N) is 4. The summed E-state index contributed by atoms with van der Waals surface area (Å²) in [5, 5.41) is 4.28. The van der Waals surface area contributed by atoms with Crippen LogP contribution in [0.25, 0.3) is 10.9 Å². The molecule has 0 saturated carbocycles. The van der Waals surface area contributed by atoms with Crippen LogP contribution in [0.3, 0.4) is 0 Å². The Morgan fingerprint density at radius 2 is 2.16 bits per heavy atom. The number of amides is 1. The van der Waals surface area contributed by atoms with Gasteiger partial charge in [0, 0.05) is 13.1 Å². The smallest absolute Gasteiger partial charge is 0.261 e. The lowest BCUT2D eigenvalue weighted by Crippen LogP contribution is -2.43. The summed E-state index contributed by atoms with van der Waals surface area (Å²) in [6.07, 6.45) is 4.71. The minimum absolute atomic E-state index is 0.0638. The van der Waals surface area contributed by atoms with Crippen molar-refractivity contribution in [1.82, 2.24) is 19.6 Å². The third kappa shape index (κ3) is 2.71. The molecule has 1 amide bonds. The molecule has 2 aromatic heterocycles. The van der Waals surface area contributed by atoms with Gasteiger partial charge in [0.05, 0.1) is 29.5 Å². The predicted molar refractivity (Wildman–Crippen MR) is 91.4 cm³/mol. The molecule has 7 heteroatoms. The van der Waals surface area contributed by atoms with Crippen LogP contribution in [0.4, 0.5) is 0 Å². The Kier molecular flexibility index (Phi) is 3.83. The Bertz CT molecular complexity index is 991. The highest BCUT2D eigenvalue weighted by atomic mass is 16.5. The number of carbonyl (C=O) groups excluding carboxylic acids is 1. The number of rotatable bonds is 2. The molecule has 128 valence electrons. The fourth-order valence-corrected chi connectivity index (χ4v) is 3.38. The van der Waals surface area contributed by atoms with Crippen molar-refractivity contribution >= 4 is 16.8 Å². The van der Waals surface area contributed by atoms with E-state index in [-0.39, 0.29) is 17.5 Å². The van der Waals surface area contributed by atoms with Gasteiger partial charge >= 0.3 is 0 Å². The number of aryl methyl sites for hydroxylation is 1. The minimum atomic E-state index is -0.106. The largest absolute Gasteiger partial charge is 0.361 e. The molecule has 7 nitrogen and oxygen atoms in total. The van der Waals surface area contributed by atoms with Gasteiger partial charge in [-0.2, -0.15) is 0 Å². The number of hydrogen-bond donors (Lipinski definition) is 0. The lowest BCUT2D eigenvalue weighted by atomic mass is 10.0. The third-order valence-corrected chi connectivity index (χ3v) is 4.75. The Labute approximate surface area is 143 Å². The molecule has 1 saturated heterocycles. The molecule has 0 unspecified atom stereocenters. The van der Waals surface area contributed by atoms with E-state index in [0.29, 0.717) is 35.3 Å². The zero-order valence-corrected chi connectivity index (χ0v) is 13.9. The van der Waals surface area contributed by atoms with Gasteiger partial charge in [0.25, 0.3) is 11.5 Å². The van der Waals surface area contributed by atoms with Gasteiger partial charge in [-0.1, -0.05) is 17.3 Å². The average molecular weight is 338 g/mol. The van der Waals surface area contributed by atoms with Gasteiger partial charge in [-0.05, 0) is 31.9 Å². The Morgan fingerprint density at radius 3 is 2.96 bits per heavy atom. The molecule has 1 atom stereocenters. The summed E-state index contributed by atoms with van der Waals surface area (Å²) < 4.78 is 6.65. The zero-order chi connectivity index (χ0) is 17.4. The van der Waals surface area contributed by atoms with Crippen molar-refractivity contribution in [3.8, 4) is 0 Å². The van der Waals surface area contributed by atoms with Crippen LogP contribution >= 0.6 is 0 Å². The maximum absolute atomic E-state index is 12.8. The highest BCUT2D eigenvalue weighted by Crippen LogP contribution is 2.23. The zero-order valence-electron chi connectivity index (χ0n) is 13.9. The first-order valence-corrected chi connectivity index (χ1v) is 8.31. The first-order chi connectivity index (χ1) is 12.1. The molecule has 0 radical (unpaired) electrons. The molecule has 3 aromatic rings. The quantitative estimate of drug-likeness (QED) is 0.715. The third-order valence-electron chi connectivity index (χ3n) is 4.75. The van der Waals surface area contributed by atoms with Crippen LogP contribution in [0.15, 0.2) is 46.1 Å². The Morgan fingerprint density at radius 1 is 1.32 bits per heavy atom. The summed E-state index contributed by atoms with van der Waals surface area (Å²) in [7, 11) is 0. The van der Waals surface area contributed by atoms with Crippen LogP contribution in [-0.2, 0) is 0 Å². The maximum atomic E-state index is 12.8. The fraction of sp³-hybridized carbons (Fsp3) is 0.333. The minimum Gasteiger partial charge on any atom is -0.361 e. The van der Waals surface area contributed by atoms with Crippen molar-refractivity contribution in [3.63, 3.8) is 0 Å². The summed E-state index contributed by atoms with van der Waals surface area (Å²) in [4.78, 5) is 31.6. The summed E-state index contributed by atoms with van der Waals surface area (Å²) in [5.74, 6) is 0.405. The number of piperidine rings is 1. The molecule has 0 aliphatic carbocycles. The standard InChI is InChI=1S/C18H18N4O3/c1-12-15(9-20-25-12)17(23)21-8-4-5-13(10-21)22-11-19-16-7-3-2-6-14(16)18(22)24/h2-3,6-7,9,11,13H,4-5,8,10H2,1H3/t13-/m0/s1. The van der Waals surface area contributed by atoms with Crippen LogP contribution in [0.1, 0.15) is 35.0 Å². The van der Waals surface area contributed by atoms with Crippen LogP contribution in [0.2, 0.25) is 0 Å². The number of benzene rings is 1. The molecule has 3 heterocycles. The van der Waals surface area contributed by atoms with Gasteiger partial charge in [0.15, 0.2) is 0 Å². The van der Waals surface area contributed by atoms with Gasteiger partial charge in [0.2, 0.25) is 0 Å². The lowest BCUT2D eigenvalue weighted by molar-refractivity contribution is 0.0675. The van der Waals surface area contributed by atoms with Crippen LogP contribution in [0.5, 0.6) is 0 Å². The van der Waals surface area contributed by atoms with Crippen LogP contribution in [-0.4, -0.2) is 38.6 Å². The predicted octanol–water partition coefficient (Wildman–Crippen LogP) is 2.17. The van der Waals surface area contributed by atoms with Gasteiger partial charge in [-0.25, -0.2) is 4.98 Å². The number of fused-ring (bicyclic) bond motifs is 1. The highest BCUT2D eigenvalue weighted by molar-refractivity contribution is 5.94. The molecule has 1 fully saturated rings. The van der Waals surface area contributed by atoms with Gasteiger partial charge in [-0.3, -0.25) is 14.2 Å². The molecule has 0 bridgehead atoms. The second kappa shape index (κ2) is 6.16. The maximum Gasteiger partial charge on any atom is 0.261 e. The second-order valence-electron chi connectivity index (χ2n) is 6.32. The molecule has 1 aliphatic rings. The SMILES string of the molecule is Cc1oncc1C(=O)N1CCC[C@H](n2cnc3ccccc3c2=O)C1. The van der Waals surface area contributed by atoms with Crippen molar-refractivity contribution in [1.29, 1.82) is 0 Å². The molecule has 25 heavy (non-hydrogen) atoms. The van der Waals surface area contributed by atoms with Crippen molar-refractivity contribution in [2.45, 2.75) is 25.8 Å². The number of para-hydroxylation sites is 1. The molecule has 0 spiro atoms. The number of hydrogen-bond acceptors (Lipinski definition) is 5. The Hall–Kier alpha value is -2.96. The normalized spacial score (nSPS) is 17.8. The summed E-state index contributed by atoms with van der Waals surface area (Å²) in [6, 6.07) is 7.23. The fourth-order valence-electron chi connectivity index (χ4n) is 3.38. The van der Waals surface area contributed by atoms with Gasteiger partial charge in [0.1, 0.15) is 11.3 Å². The number of aromatic nitrogens is 3. The van der Waals surface area contributed by atoms with Crippen molar-refractivity contribution < 1.29 is 9.32 Å². The lowest BCUT2D eigenvalue weighted by Gasteiger charge is -2.33. The monoisotopic (exact) mass is 338 g/mol. The Balaban J connectivity index is 1.64. The highest BCUT2D eigenvalue weighted by Gasteiger charge is 2.28. The molecule has 0 N–H and O–H groups in total. The van der Waals surface area contributed by atoms with Crippen molar-refractivity contribution in [2.24, 2.45) is 0 Å². The average Bonchev–Trinajstić information content (AvgIpc) is 3.08. The first-order valence-electron chi connectivity index (χ1n) is 8.31. The van der Waals surface area contributed by atoms with E-state index in [2.05, 4.69) is 10.1 Å². The molecule has 1 aromatic carbocycles. The first kappa shape index (κ1) is 15.6. The number of carbonyl (C=O) groups is 1. The molecule has 1 aliphatic heterocycles. The van der Waals surface area contributed by atoms with Crippen LogP contribution < -0.4 is 5.56 Å². The molecular weight excluding hydrogens is 320 g/mol. The van der Waals surface area contributed by atoms with Crippen molar-refractivity contribution in [3.05, 3.63) is 58.5 Å². The second-order valence-corrected chi connectivity index (χ2v) is 6.32.